The quantitative estimate of drug-likeness (QED) is 0.887. The highest BCUT2D eigenvalue weighted by molar-refractivity contribution is 5.29. The van der Waals surface area contributed by atoms with Crippen molar-refractivity contribution >= 4 is 0 Å². The Morgan fingerprint density at radius 1 is 1.16 bits per heavy atom. The number of likely N-dealkylation sites (N-methyl/N-ethyl adjacent to an activating group) is 1. The molecule has 1 aromatic carbocycles. The molecule has 0 fully saturated rings. The Hall–Kier alpha value is -1.00. The first-order chi connectivity index (χ1) is 8.81. The Morgan fingerprint density at radius 3 is 2.11 bits per heavy atom. The van der Waals surface area contributed by atoms with Gasteiger partial charge in [-0.15, -0.1) is 0 Å². The van der Waals surface area contributed by atoms with E-state index in [1.54, 1.807) is 0 Å². The first kappa shape index (κ1) is 16.1. The summed E-state index contributed by atoms with van der Waals surface area (Å²) in [5, 5.41) is 10.5. The number of aliphatic hydroxyl groups is 1. The van der Waals surface area contributed by atoms with Crippen molar-refractivity contribution in [1.29, 1.82) is 0 Å². The molecule has 4 heteroatoms. The lowest BCUT2D eigenvalue weighted by Gasteiger charge is -2.42. The van der Waals surface area contributed by atoms with Gasteiger partial charge < -0.3 is 10.0 Å². The summed E-state index contributed by atoms with van der Waals surface area (Å²) in [6.07, 6.45) is 0.228. The van der Waals surface area contributed by atoms with Gasteiger partial charge in [-0.1, -0.05) is 26.0 Å². The van der Waals surface area contributed by atoms with Crippen molar-refractivity contribution in [3.8, 4) is 0 Å². The molecule has 0 saturated heterocycles. The molecule has 19 heavy (non-hydrogen) atoms. The van der Waals surface area contributed by atoms with Gasteiger partial charge in [0.1, 0.15) is 6.10 Å². The smallest absolute Gasteiger partial charge is 0.164 e. The molecule has 1 atom stereocenters. The van der Waals surface area contributed by atoms with E-state index in [9.17, 15) is 13.9 Å². The normalized spacial score (nSPS) is 13.9. The summed E-state index contributed by atoms with van der Waals surface area (Å²) >= 11 is 0. The molecule has 0 aliphatic rings. The molecule has 0 radical (unpaired) electrons. The van der Waals surface area contributed by atoms with Gasteiger partial charge in [0.15, 0.2) is 11.6 Å². The molecule has 1 N–H and O–H groups in total. The van der Waals surface area contributed by atoms with Crippen LogP contribution in [-0.2, 0) is 0 Å². The van der Waals surface area contributed by atoms with Crippen LogP contribution in [0.5, 0.6) is 0 Å². The Morgan fingerprint density at radius 2 is 1.68 bits per heavy atom. The largest absolute Gasteiger partial charge is 0.386 e. The van der Waals surface area contributed by atoms with Gasteiger partial charge in [-0.3, -0.25) is 0 Å². The molecule has 0 aromatic heterocycles. The van der Waals surface area contributed by atoms with Gasteiger partial charge in [-0.2, -0.15) is 0 Å². The zero-order chi connectivity index (χ0) is 14.8. The minimum atomic E-state index is -1.06. The van der Waals surface area contributed by atoms with Crippen LogP contribution in [0.2, 0.25) is 0 Å². The van der Waals surface area contributed by atoms with Gasteiger partial charge >= 0.3 is 0 Å². The fourth-order valence-corrected chi connectivity index (χ4v) is 2.68. The van der Waals surface area contributed by atoms with Crippen molar-refractivity contribution in [2.24, 2.45) is 0 Å². The molecule has 0 spiro atoms. The number of aryl methyl sites for hydroxylation is 1. The average Bonchev–Trinajstić information content (AvgIpc) is 2.37. The lowest BCUT2D eigenvalue weighted by molar-refractivity contribution is -0.0171. The van der Waals surface area contributed by atoms with Gasteiger partial charge in [0.25, 0.3) is 0 Å². The molecular weight excluding hydrogens is 248 g/mol. The average molecular weight is 271 g/mol. The molecule has 1 rings (SSSR count). The highest BCUT2D eigenvalue weighted by Gasteiger charge is 2.39. The molecule has 0 amide bonds. The first-order valence-electron chi connectivity index (χ1n) is 6.61. The maximum Gasteiger partial charge on any atom is 0.164 e. The van der Waals surface area contributed by atoms with E-state index in [0.29, 0.717) is 12.8 Å². The van der Waals surface area contributed by atoms with Crippen molar-refractivity contribution in [3.63, 3.8) is 0 Å². The summed E-state index contributed by atoms with van der Waals surface area (Å²) in [5.74, 6) is -1.82. The standard InChI is InChI=1S/C15H23F2NO/c1-6-15(7-2,18(4)5)14(19)11-9-8-10(3)12(16)13(11)17/h8-9,14,19H,6-7H2,1-5H3. The van der Waals surface area contributed by atoms with E-state index in [0.717, 1.165) is 0 Å². The van der Waals surface area contributed by atoms with Gasteiger partial charge in [0, 0.05) is 5.56 Å². The molecule has 0 bridgehead atoms. The molecule has 1 aromatic rings. The second-order valence-electron chi connectivity index (χ2n) is 5.21. The Labute approximate surface area is 114 Å². The van der Waals surface area contributed by atoms with E-state index in [1.807, 2.05) is 32.8 Å². The van der Waals surface area contributed by atoms with Crippen molar-refractivity contribution in [2.75, 3.05) is 14.1 Å². The van der Waals surface area contributed by atoms with Crippen LogP contribution < -0.4 is 0 Å². The van der Waals surface area contributed by atoms with E-state index in [4.69, 9.17) is 0 Å². The summed E-state index contributed by atoms with van der Waals surface area (Å²) in [7, 11) is 3.69. The number of rotatable bonds is 5. The second-order valence-corrected chi connectivity index (χ2v) is 5.21. The Bertz CT molecular complexity index is 442. The highest BCUT2D eigenvalue weighted by atomic mass is 19.2. The zero-order valence-corrected chi connectivity index (χ0v) is 12.3. The van der Waals surface area contributed by atoms with Gasteiger partial charge in [0.05, 0.1) is 5.54 Å². The maximum atomic E-state index is 14.0. The van der Waals surface area contributed by atoms with Crippen LogP contribution in [0.3, 0.4) is 0 Å². The zero-order valence-electron chi connectivity index (χ0n) is 12.3. The van der Waals surface area contributed by atoms with E-state index in [2.05, 4.69) is 0 Å². The molecule has 108 valence electrons. The van der Waals surface area contributed by atoms with Gasteiger partial charge in [0.2, 0.25) is 0 Å². The van der Waals surface area contributed by atoms with E-state index in [1.165, 1.54) is 19.1 Å². The molecule has 0 aliphatic carbocycles. The third-order valence-electron chi connectivity index (χ3n) is 4.22. The van der Waals surface area contributed by atoms with Crippen LogP contribution in [0.15, 0.2) is 12.1 Å². The number of aliphatic hydroxyl groups excluding tert-OH is 1. The molecular formula is C15H23F2NO. The van der Waals surface area contributed by atoms with Crippen molar-refractivity contribution in [3.05, 3.63) is 34.9 Å². The molecule has 2 nitrogen and oxygen atoms in total. The molecule has 0 heterocycles. The third-order valence-corrected chi connectivity index (χ3v) is 4.22. The Kier molecular flexibility index (Phi) is 5.04. The molecule has 0 saturated carbocycles. The summed E-state index contributed by atoms with van der Waals surface area (Å²) < 4.78 is 27.7. The second kappa shape index (κ2) is 5.97. The van der Waals surface area contributed by atoms with E-state index >= 15 is 0 Å². The fraction of sp³-hybridized carbons (Fsp3) is 0.600. The van der Waals surface area contributed by atoms with Crippen molar-refractivity contribution in [1.82, 2.24) is 4.90 Å². The summed E-state index contributed by atoms with van der Waals surface area (Å²) in [6, 6.07) is 2.98. The summed E-state index contributed by atoms with van der Waals surface area (Å²) in [4.78, 5) is 1.88. The first-order valence-corrected chi connectivity index (χ1v) is 6.61. The summed E-state index contributed by atoms with van der Waals surface area (Å²) in [6.45, 7) is 5.39. The van der Waals surface area contributed by atoms with Crippen LogP contribution in [0.1, 0.15) is 43.9 Å². The topological polar surface area (TPSA) is 23.5 Å². The fourth-order valence-electron chi connectivity index (χ4n) is 2.68. The van der Waals surface area contributed by atoms with Crippen LogP contribution in [-0.4, -0.2) is 29.6 Å². The number of hydrogen-bond donors (Lipinski definition) is 1. The van der Waals surface area contributed by atoms with Crippen LogP contribution in [0.4, 0.5) is 8.78 Å². The van der Waals surface area contributed by atoms with Crippen molar-refractivity contribution in [2.45, 2.75) is 45.3 Å². The monoisotopic (exact) mass is 271 g/mol. The van der Waals surface area contributed by atoms with Crippen LogP contribution in [0.25, 0.3) is 0 Å². The van der Waals surface area contributed by atoms with Gasteiger partial charge in [-0.05, 0) is 39.4 Å². The highest BCUT2D eigenvalue weighted by Crippen LogP contribution is 2.37. The minimum Gasteiger partial charge on any atom is -0.386 e. The predicted molar refractivity (Wildman–Crippen MR) is 73.1 cm³/mol. The number of benzene rings is 1. The molecule has 1 unspecified atom stereocenters. The lowest BCUT2D eigenvalue weighted by atomic mass is 9.81. The minimum absolute atomic E-state index is 0.0282. The maximum absolute atomic E-state index is 14.0. The number of halogens is 2. The number of nitrogens with zero attached hydrogens (tertiary/aromatic N) is 1. The SMILES string of the molecule is CCC(CC)(C(O)c1ccc(C)c(F)c1F)N(C)C. The number of hydrogen-bond acceptors (Lipinski definition) is 2. The van der Waals surface area contributed by atoms with Crippen molar-refractivity contribution < 1.29 is 13.9 Å². The Balaban J connectivity index is 3.32. The predicted octanol–water partition coefficient (Wildman–Crippen LogP) is 3.43. The third kappa shape index (κ3) is 2.65. The van der Waals surface area contributed by atoms with E-state index in [-0.39, 0.29) is 11.1 Å². The summed E-state index contributed by atoms with van der Waals surface area (Å²) in [5.41, 5.74) is -0.319. The lowest BCUT2D eigenvalue weighted by Crippen LogP contribution is -2.48. The van der Waals surface area contributed by atoms with Crippen LogP contribution >= 0.6 is 0 Å². The van der Waals surface area contributed by atoms with Gasteiger partial charge in [-0.25, -0.2) is 8.78 Å². The van der Waals surface area contributed by atoms with E-state index < -0.39 is 23.3 Å². The van der Waals surface area contributed by atoms with Crippen LogP contribution in [0, 0.1) is 18.6 Å². The molecule has 0 aliphatic heterocycles.